The lowest BCUT2D eigenvalue weighted by Crippen LogP contribution is -2.13. The number of carbonyl (C=O) groups is 1. The number of aromatic nitrogens is 4. The van der Waals surface area contributed by atoms with E-state index in [4.69, 9.17) is 0 Å². The second-order valence-electron chi connectivity index (χ2n) is 9.80. The van der Waals surface area contributed by atoms with Crippen molar-refractivity contribution in [3.63, 3.8) is 0 Å². The van der Waals surface area contributed by atoms with Crippen LogP contribution in [0.5, 0.6) is 0 Å². The second kappa shape index (κ2) is 9.94. The number of nitrogens with one attached hydrogen (secondary N) is 2. The molecule has 3 aromatic heterocycles. The van der Waals surface area contributed by atoms with Gasteiger partial charge in [0.15, 0.2) is 0 Å². The fraction of sp³-hybridized carbons (Fsp3) is 0.161. The Bertz CT molecular complexity index is 1620. The van der Waals surface area contributed by atoms with E-state index in [2.05, 4.69) is 37.8 Å². The third-order valence-electron chi connectivity index (χ3n) is 6.82. The van der Waals surface area contributed by atoms with Gasteiger partial charge in [0.25, 0.3) is 5.91 Å². The molecule has 2 aromatic carbocycles. The van der Waals surface area contributed by atoms with Gasteiger partial charge in [-0.2, -0.15) is 5.10 Å². The Morgan fingerprint density at radius 2 is 1.82 bits per heavy atom. The Kier molecular flexibility index (Phi) is 6.17. The van der Waals surface area contributed by atoms with Gasteiger partial charge in [0.05, 0.1) is 6.20 Å². The predicted octanol–water partition coefficient (Wildman–Crippen LogP) is 6.73. The van der Waals surface area contributed by atoms with E-state index in [1.807, 2.05) is 81.1 Å². The van der Waals surface area contributed by atoms with Gasteiger partial charge in [0, 0.05) is 59.9 Å². The maximum Gasteiger partial charge on any atom is 0.255 e. The van der Waals surface area contributed by atoms with E-state index >= 15 is 0 Å². The average Bonchev–Trinajstić information content (AvgIpc) is 3.70. The van der Waals surface area contributed by atoms with E-state index in [0.717, 1.165) is 39.2 Å². The smallest absolute Gasteiger partial charge is 0.255 e. The SMILES string of the molecule is Cc1ccc(C(=O)Nc2cc(-c3cnn(C)c3)cc(C3CC3)c2)cc1Nc1cc(-c2cccnc2)ccn1. The highest BCUT2D eigenvalue weighted by molar-refractivity contribution is 6.05. The van der Waals surface area contributed by atoms with E-state index in [1.165, 1.54) is 18.4 Å². The molecule has 5 aromatic rings. The number of rotatable bonds is 7. The first-order chi connectivity index (χ1) is 18.5. The number of anilines is 3. The molecule has 0 spiro atoms. The fourth-order valence-corrected chi connectivity index (χ4v) is 4.56. The van der Waals surface area contributed by atoms with Crippen molar-refractivity contribution in [3.8, 4) is 22.3 Å². The van der Waals surface area contributed by atoms with Crippen molar-refractivity contribution in [1.82, 2.24) is 19.7 Å². The normalized spacial score (nSPS) is 12.8. The van der Waals surface area contributed by atoms with Crippen molar-refractivity contribution in [2.45, 2.75) is 25.7 Å². The monoisotopic (exact) mass is 500 g/mol. The van der Waals surface area contributed by atoms with Gasteiger partial charge < -0.3 is 10.6 Å². The fourth-order valence-electron chi connectivity index (χ4n) is 4.56. The highest BCUT2D eigenvalue weighted by Gasteiger charge is 2.25. The molecule has 3 heterocycles. The van der Waals surface area contributed by atoms with Crippen molar-refractivity contribution >= 4 is 23.1 Å². The molecule has 0 aliphatic heterocycles. The van der Waals surface area contributed by atoms with Gasteiger partial charge in [-0.15, -0.1) is 0 Å². The molecule has 1 amide bonds. The summed E-state index contributed by atoms with van der Waals surface area (Å²) in [6.45, 7) is 2.01. The Balaban J connectivity index is 1.24. The molecule has 2 N–H and O–H groups in total. The highest BCUT2D eigenvalue weighted by atomic mass is 16.1. The van der Waals surface area contributed by atoms with Crippen LogP contribution in [0.3, 0.4) is 0 Å². The first-order valence-corrected chi connectivity index (χ1v) is 12.7. The average molecular weight is 501 g/mol. The molecule has 0 bridgehead atoms. The van der Waals surface area contributed by atoms with Gasteiger partial charge in [0.1, 0.15) is 5.82 Å². The molecule has 188 valence electrons. The zero-order valence-corrected chi connectivity index (χ0v) is 21.3. The van der Waals surface area contributed by atoms with Gasteiger partial charge in [0.2, 0.25) is 0 Å². The molecule has 7 nitrogen and oxygen atoms in total. The van der Waals surface area contributed by atoms with Crippen LogP contribution in [0.2, 0.25) is 0 Å². The standard InChI is InChI=1S/C31H28N6O/c1-20-5-6-23(15-29(20)36-30-16-22(9-11-33-30)24-4-3-10-32-17-24)31(38)35-28-13-25(21-7-8-21)12-26(14-28)27-18-34-37(2)19-27/h3-6,9-19,21H,7-8H2,1-2H3,(H,33,36)(H,35,38). The largest absolute Gasteiger partial charge is 0.340 e. The molecular weight excluding hydrogens is 472 g/mol. The Hall–Kier alpha value is -4.78. The second-order valence-corrected chi connectivity index (χ2v) is 9.80. The first kappa shape index (κ1) is 23.6. The molecule has 0 saturated heterocycles. The Labute approximate surface area is 221 Å². The van der Waals surface area contributed by atoms with Crippen LogP contribution in [-0.2, 0) is 7.05 Å². The van der Waals surface area contributed by atoms with Crippen molar-refractivity contribution < 1.29 is 4.79 Å². The molecule has 1 aliphatic carbocycles. The maximum absolute atomic E-state index is 13.3. The number of amides is 1. The van der Waals surface area contributed by atoms with Crippen LogP contribution < -0.4 is 10.6 Å². The summed E-state index contributed by atoms with van der Waals surface area (Å²) in [5, 5.41) is 10.8. The quantitative estimate of drug-likeness (QED) is 0.259. The van der Waals surface area contributed by atoms with Crippen molar-refractivity contribution in [3.05, 3.63) is 108 Å². The molecule has 0 atom stereocenters. The highest BCUT2D eigenvalue weighted by Crippen LogP contribution is 2.42. The van der Waals surface area contributed by atoms with E-state index in [1.54, 1.807) is 17.1 Å². The van der Waals surface area contributed by atoms with E-state index in [-0.39, 0.29) is 5.91 Å². The summed E-state index contributed by atoms with van der Waals surface area (Å²) in [5.74, 6) is 1.10. The van der Waals surface area contributed by atoms with Crippen LogP contribution in [0.1, 0.15) is 40.2 Å². The summed E-state index contributed by atoms with van der Waals surface area (Å²) >= 11 is 0. The van der Waals surface area contributed by atoms with Crippen molar-refractivity contribution in [2.75, 3.05) is 10.6 Å². The lowest BCUT2D eigenvalue weighted by molar-refractivity contribution is 0.102. The van der Waals surface area contributed by atoms with Gasteiger partial charge in [-0.1, -0.05) is 18.2 Å². The third kappa shape index (κ3) is 5.18. The lowest BCUT2D eigenvalue weighted by Gasteiger charge is -2.13. The molecule has 1 saturated carbocycles. The van der Waals surface area contributed by atoms with Gasteiger partial charge in [-0.05, 0) is 90.4 Å². The molecule has 7 heteroatoms. The van der Waals surface area contributed by atoms with E-state index in [0.29, 0.717) is 17.3 Å². The summed E-state index contributed by atoms with van der Waals surface area (Å²) in [6.07, 6.45) is 11.6. The summed E-state index contributed by atoms with van der Waals surface area (Å²) in [5.41, 5.74) is 8.59. The van der Waals surface area contributed by atoms with Crippen molar-refractivity contribution in [1.29, 1.82) is 0 Å². The molecule has 0 radical (unpaired) electrons. The molecule has 0 unspecified atom stereocenters. The van der Waals surface area contributed by atoms with Crippen LogP contribution in [-0.4, -0.2) is 25.7 Å². The first-order valence-electron chi connectivity index (χ1n) is 12.7. The van der Waals surface area contributed by atoms with Crippen LogP contribution in [0.15, 0.2) is 91.6 Å². The van der Waals surface area contributed by atoms with E-state index < -0.39 is 0 Å². The summed E-state index contributed by atoms with van der Waals surface area (Å²) in [4.78, 5) is 22.0. The summed E-state index contributed by atoms with van der Waals surface area (Å²) in [6, 6.07) is 19.8. The molecule has 38 heavy (non-hydrogen) atoms. The third-order valence-corrected chi connectivity index (χ3v) is 6.82. The number of nitrogens with zero attached hydrogens (tertiary/aromatic N) is 4. The van der Waals surface area contributed by atoms with Crippen LogP contribution in [0, 0.1) is 6.92 Å². The summed E-state index contributed by atoms with van der Waals surface area (Å²) < 4.78 is 1.79. The number of aryl methyl sites for hydroxylation is 2. The zero-order valence-electron chi connectivity index (χ0n) is 21.3. The van der Waals surface area contributed by atoms with Crippen LogP contribution in [0.25, 0.3) is 22.3 Å². The topological polar surface area (TPSA) is 84.7 Å². The molecule has 1 fully saturated rings. The van der Waals surface area contributed by atoms with Crippen molar-refractivity contribution in [2.24, 2.45) is 7.05 Å². The molecule has 6 rings (SSSR count). The molecular formula is C31H28N6O. The number of pyridine rings is 2. The lowest BCUT2D eigenvalue weighted by atomic mass is 10.0. The zero-order chi connectivity index (χ0) is 26.1. The Morgan fingerprint density at radius 1 is 0.921 bits per heavy atom. The summed E-state index contributed by atoms with van der Waals surface area (Å²) in [7, 11) is 1.91. The van der Waals surface area contributed by atoms with Crippen LogP contribution >= 0.6 is 0 Å². The van der Waals surface area contributed by atoms with Gasteiger partial charge in [-0.25, -0.2) is 4.98 Å². The molecule has 1 aliphatic rings. The van der Waals surface area contributed by atoms with Gasteiger partial charge >= 0.3 is 0 Å². The van der Waals surface area contributed by atoms with Gasteiger partial charge in [-0.3, -0.25) is 14.5 Å². The minimum atomic E-state index is -0.157. The minimum absolute atomic E-state index is 0.157. The minimum Gasteiger partial charge on any atom is -0.340 e. The van der Waals surface area contributed by atoms with E-state index in [9.17, 15) is 4.79 Å². The maximum atomic E-state index is 13.3. The number of benzene rings is 2. The number of hydrogen-bond acceptors (Lipinski definition) is 5. The van der Waals surface area contributed by atoms with Crippen LogP contribution in [0.4, 0.5) is 17.2 Å². The number of carbonyl (C=O) groups excluding carboxylic acids is 1. The predicted molar refractivity (Wildman–Crippen MR) is 151 cm³/mol. The number of hydrogen-bond donors (Lipinski definition) is 2. The Morgan fingerprint density at radius 3 is 2.58 bits per heavy atom.